The smallest absolute Gasteiger partial charge is 0.269 e. The van der Waals surface area contributed by atoms with Crippen molar-refractivity contribution in [1.29, 1.82) is 0 Å². The number of nitrogens with zero attached hydrogens (tertiary/aromatic N) is 2. The molecule has 246 valence electrons. The van der Waals surface area contributed by atoms with Crippen LogP contribution < -0.4 is 5.32 Å². The van der Waals surface area contributed by atoms with Crippen LogP contribution in [0.15, 0.2) is 94.6 Å². The standard InChI is InChI=1S/C36H39N3O7S/c1-2-29(40)17-11-3-4-12-18-32(41)37-35-44-30(23-31(45-35)25-19-21-28(22-20-25)39(42)43)24-47-36-38-33(26-13-7-5-8-14-26)34(46-36)27-15-9-6-10-16-27/h5-10,13-16,19-22,30-31,35H,2-4,11-12,17-18,23-24H2,1H3,(H,37,41). The zero-order chi connectivity index (χ0) is 33.0. The molecule has 1 aliphatic heterocycles. The van der Waals surface area contributed by atoms with Gasteiger partial charge in [0.2, 0.25) is 12.3 Å². The summed E-state index contributed by atoms with van der Waals surface area (Å²) in [5.74, 6) is 1.22. The summed E-state index contributed by atoms with van der Waals surface area (Å²) in [6.07, 6.45) is 3.42. The summed E-state index contributed by atoms with van der Waals surface area (Å²) in [4.78, 5) is 39.9. The molecule has 2 heterocycles. The average molecular weight is 658 g/mol. The van der Waals surface area contributed by atoms with Gasteiger partial charge in [0.05, 0.1) is 17.1 Å². The minimum Gasteiger partial charge on any atom is -0.431 e. The molecule has 5 rings (SSSR count). The highest BCUT2D eigenvalue weighted by molar-refractivity contribution is 7.99. The topological polar surface area (TPSA) is 134 Å². The molecule has 0 radical (unpaired) electrons. The predicted octanol–water partition coefficient (Wildman–Crippen LogP) is 8.28. The second-order valence-electron chi connectivity index (χ2n) is 11.4. The van der Waals surface area contributed by atoms with Gasteiger partial charge in [0, 0.05) is 54.7 Å². The SMILES string of the molecule is CCC(=O)CCCCCCC(=O)NC1OC(CSc2nc(-c3ccccc3)c(-c3ccccc3)o2)CC(c2ccc([N+](=O)[O-])cc2)O1. The highest BCUT2D eigenvalue weighted by atomic mass is 32.2. The van der Waals surface area contributed by atoms with Crippen LogP contribution in [-0.4, -0.2) is 39.9 Å². The van der Waals surface area contributed by atoms with Crippen LogP contribution in [-0.2, 0) is 19.1 Å². The Kier molecular flexibility index (Phi) is 12.3. The Hall–Kier alpha value is -4.32. The number of oxazole rings is 1. The maximum absolute atomic E-state index is 12.8. The number of nitrogens with one attached hydrogen (secondary N) is 1. The molecule has 4 aromatic rings. The Morgan fingerprint density at radius 3 is 2.21 bits per heavy atom. The molecule has 3 atom stereocenters. The lowest BCUT2D eigenvalue weighted by atomic mass is 10.0. The summed E-state index contributed by atoms with van der Waals surface area (Å²) in [7, 11) is 0. The van der Waals surface area contributed by atoms with Crippen molar-refractivity contribution in [3.63, 3.8) is 0 Å². The third-order valence-electron chi connectivity index (χ3n) is 7.92. The van der Waals surface area contributed by atoms with Gasteiger partial charge in [-0.1, -0.05) is 92.2 Å². The van der Waals surface area contributed by atoms with Crippen molar-refractivity contribution in [1.82, 2.24) is 10.3 Å². The molecule has 1 fully saturated rings. The summed E-state index contributed by atoms with van der Waals surface area (Å²) in [5.41, 5.74) is 3.36. The van der Waals surface area contributed by atoms with E-state index in [1.165, 1.54) is 23.9 Å². The second kappa shape index (κ2) is 17.0. The van der Waals surface area contributed by atoms with Gasteiger partial charge in [-0.2, -0.15) is 0 Å². The molecule has 10 nitrogen and oxygen atoms in total. The Balaban J connectivity index is 1.25. The summed E-state index contributed by atoms with van der Waals surface area (Å²) in [6.45, 7) is 1.87. The van der Waals surface area contributed by atoms with Gasteiger partial charge in [0.1, 0.15) is 11.5 Å². The van der Waals surface area contributed by atoms with Gasteiger partial charge in [-0.15, -0.1) is 0 Å². The number of non-ortho nitro benzene ring substituents is 1. The summed E-state index contributed by atoms with van der Waals surface area (Å²) in [6, 6.07) is 25.9. The minimum absolute atomic E-state index is 0.0100. The number of ketones is 1. The molecule has 3 unspecified atom stereocenters. The van der Waals surface area contributed by atoms with Gasteiger partial charge in [-0.25, -0.2) is 4.98 Å². The maximum atomic E-state index is 12.8. The number of rotatable bonds is 16. The first kappa shape index (κ1) is 34.0. The van der Waals surface area contributed by atoms with Gasteiger partial charge in [0.25, 0.3) is 10.9 Å². The number of aromatic nitrogens is 1. The van der Waals surface area contributed by atoms with E-state index in [0.29, 0.717) is 48.8 Å². The highest BCUT2D eigenvalue weighted by Crippen LogP contribution is 2.38. The Bertz CT molecular complexity index is 1560. The number of amides is 1. The largest absolute Gasteiger partial charge is 0.431 e. The first-order valence-corrected chi connectivity index (χ1v) is 17.0. The summed E-state index contributed by atoms with van der Waals surface area (Å²) in [5, 5.41) is 14.6. The van der Waals surface area contributed by atoms with Crippen LogP contribution in [0.5, 0.6) is 0 Å². The number of carbonyl (C=O) groups is 2. The van der Waals surface area contributed by atoms with Crippen LogP contribution in [0.25, 0.3) is 22.6 Å². The number of Topliss-reactive ketones (excluding diaryl/α,β-unsaturated/α-hetero) is 1. The van der Waals surface area contributed by atoms with Gasteiger partial charge < -0.3 is 19.2 Å². The number of nitro benzene ring substituents is 1. The number of unbranched alkanes of at least 4 members (excludes halogenated alkanes) is 3. The third kappa shape index (κ3) is 9.84. The fraction of sp³-hybridized carbons (Fsp3) is 0.361. The van der Waals surface area contributed by atoms with Crippen molar-refractivity contribution in [3.8, 4) is 22.6 Å². The first-order chi connectivity index (χ1) is 22.9. The molecule has 1 N–H and O–H groups in total. The van der Waals surface area contributed by atoms with Gasteiger partial charge in [-0.3, -0.25) is 19.7 Å². The fourth-order valence-corrected chi connectivity index (χ4v) is 6.19. The van der Waals surface area contributed by atoms with Crippen LogP contribution in [0, 0.1) is 10.1 Å². The first-order valence-electron chi connectivity index (χ1n) is 16.0. The normalized spacial score (nSPS) is 17.7. The quantitative estimate of drug-likeness (QED) is 0.0547. The number of benzene rings is 3. The number of nitro groups is 1. The third-order valence-corrected chi connectivity index (χ3v) is 8.88. The van der Waals surface area contributed by atoms with Gasteiger partial charge >= 0.3 is 0 Å². The van der Waals surface area contributed by atoms with E-state index in [9.17, 15) is 19.7 Å². The molecule has 0 saturated carbocycles. The van der Waals surface area contributed by atoms with E-state index in [1.54, 1.807) is 12.1 Å². The average Bonchev–Trinajstić information content (AvgIpc) is 3.54. The molecular weight excluding hydrogens is 618 g/mol. The van der Waals surface area contributed by atoms with Crippen molar-refractivity contribution < 1.29 is 28.4 Å². The number of thioether (sulfide) groups is 1. The van der Waals surface area contributed by atoms with Crippen molar-refractivity contribution in [2.45, 2.75) is 82.1 Å². The molecule has 3 aromatic carbocycles. The Morgan fingerprint density at radius 2 is 1.55 bits per heavy atom. The Labute approximate surface area is 278 Å². The molecular formula is C36H39N3O7S. The monoisotopic (exact) mass is 657 g/mol. The van der Waals surface area contributed by atoms with Crippen LogP contribution in [0.3, 0.4) is 0 Å². The second-order valence-corrected chi connectivity index (χ2v) is 12.3. The van der Waals surface area contributed by atoms with Crippen LogP contribution in [0.1, 0.15) is 70.0 Å². The Morgan fingerprint density at radius 1 is 0.894 bits per heavy atom. The summed E-state index contributed by atoms with van der Waals surface area (Å²) < 4.78 is 18.6. The maximum Gasteiger partial charge on any atom is 0.269 e. The molecule has 1 aromatic heterocycles. The molecule has 0 spiro atoms. The molecule has 1 amide bonds. The molecule has 0 aliphatic carbocycles. The molecule has 0 bridgehead atoms. The molecule has 47 heavy (non-hydrogen) atoms. The van der Waals surface area contributed by atoms with Crippen molar-refractivity contribution in [2.75, 3.05) is 5.75 Å². The van der Waals surface area contributed by atoms with Crippen molar-refractivity contribution >= 4 is 29.1 Å². The fourth-order valence-electron chi connectivity index (χ4n) is 5.35. The van der Waals surface area contributed by atoms with E-state index in [-0.39, 0.29) is 23.5 Å². The van der Waals surface area contributed by atoms with Crippen molar-refractivity contribution in [3.05, 3.63) is 101 Å². The molecule has 1 aliphatic rings. The lowest BCUT2D eigenvalue weighted by Gasteiger charge is -2.35. The zero-order valence-electron chi connectivity index (χ0n) is 26.3. The van der Waals surface area contributed by atoms with Crippen LogP contribution in [0.2, 0.25) is 0 Å². The number of ether oxygens (including phenoxy) is 2. The van der Waals surface area contributed by atoms with E-state index in [0.717, 1.165) is 41.6 Å². The van der Waals surface area contributed by atoms with E-state index in [1.807, 2.05) is 67.6 Å². The van der Waals surface area contributed by atoms with E-state index in [4.69, 9.17) is 18.9 Å². The molecule has 11 heteroatoms. The number of carbonyl (C=O) groups excluding carboxylic acids is 2. The van der Waals surface area contributed by atoms with E-state index >= 15 is 0 Å². The van der Waals surface area contributed by atoms with Gasteiger partial charge in [-0.05, 0) is 30.5 Å². The lowest BCUT2D eigenvalue weighted by Crippen LogP contribution is -2.46. The highest BCUT2D eigenvalue weighted by Gasteiger charge is 2.33. The predicted molar refractivity (Wildman–Crippen MR) is 179 cm³/mol. The van der Waals surface area contributed by atoms with Crippen LogP contribution in [0.4, 0.5) is 5.69 Å². The van der Waals surface area contributed by atoms with Gasteiger partial charge in [0.15, 0.2) is 5.76 Å². The van der Waals surface area contributed by atoms with Crippen molar-refractivity contribution in [2.24, 2.45) is 0 Å². The lowest BCUT2D eigenvalue weighted by molar-refractivity contribution is -0.384. The summed E-state index contributed by atoms with van der Waals surface area (Å²) >= 11 is 1.42. The molecule has 1 saturated heterocycles. The number of hydrogen-bond acceptors (Lipinski definition) is 9. The zero-order valence-corrected chi connectivity index (χ0v) is 27.2. The minimum atomic E-state index is -0.992. The number of hydrogen-bond donors (Lipinski definition) is 1. The van der Waals surface area contributed by atoms with E-state index in [2.05, 4.69) is 5.32 Å². The van der Waals surface area contributed by atoms with E-state index < -0.39 is 17.4 Å². The van der Waals surface area contributed by atoms with Crippen LogP contribution >= 0.6 is 11.8 Å².